The predicted octanol–water partition coefficient (Wildman–Crippen LogP) is 5.76. The highest BCUT2D eigenvalue weighted by Crippen LogP contribution is 2.19. The van der Waals surface area contributed by atoms with Gasteiger partial charge in [0.1, 0.15) is 11.6 Å². The highest BCUT2D eigenvalue weighted by Gasteiger charge is 2.08. The van der Waals surface area contributed by atoms with Crippen LogP contribution in [-0.4, -0.2) is 0 Å². The molecule has 0 unspecified atom stereocenters. The standard InChI is InChI=1S/C22H20F2/c1-15-3-6-17(7-4-15)12-20-10-8-18(14-22(20)24)13-19-9-5-16(2)11-21(19)23/h3-11,14H,12-13H2,1-2H3. The molecule has 0 aliphatic heterocycles. The van der Waals surface area contributed by atoms with Crippen LogP contribution in [0.3, 0.4) is 0 Å². The second-order valence-electron chi connectivity index (χ2n) is 6.36. The van der Waals surface area contributed by atoms with Gasteiger partial charge in [0.2, 0.25) is 0 Å². The van der Waals surface area contributed by atoms with E-state index in [4.69, 9.17) is 0 Å². The Hall–Kier alpha value is -2.48. The Morgan fingerprint density at radius 2 is 1.08 bits per heavy atom. The Labute approximate surface area is 141 Å². The molecule has 3 rings (SSSR count). The van der Waals surface area contributed by atoms with Gasteiger partial charge in [0.05, 0.1) is 0 Å². The van der Waals surface area contributed by atoms with E-state index in [-0.39, 0.29) is 11.6 Å². The summed E-state index contributed by atoms with van der Waals surface area (Å²) in [6, 6.07) is 18.4. The molecule has 0 spiro atoms. The first kappa shape index (κ1) is 16.4. The number of hydrogen-bond donors (Lipinski definition) is 0. The summed E-state index contributed by atoms with van der Waals surface area (Å²) in [7, 11) is 0. The minimum Gasteiger partial charge on any atom is -0.207 e. The van der Waals surface area contributed by atoms with Crippen molar-refractivity contribution >= 4 is 0 Å². The molecule has 0 heterocycles. The van der Waals surface area contributed by atoms with E-state index in [0.717, 1.165) is 16.7 Å². The molecule has 2 heteroatoms. The van der Waals surface area contributed by atoms with Crippen LogP contribution in [-0.2, 0) is 12.8 Å². The van der Waals surface area contributed by atoms with E-state index >= 15 is 0 Å². The van der Waals surface area contributed by atoms with Gasteiger partial charge in [-0.25, -0.2) is 8.78 Å². The molecule has 0 N–H and O–H groups in total. The molecular formula is C22H20F2. The molecule has 0 fully saturated rings. The van der Waals surface area contributed by atoms with Crippen LogP contribution in [0.25, 0.3) is 0 Å². The van der Waals surface area contributed by atoms with Crippen molar-refractivity contribution < 1.29 is 8.78 Å². The maximum atomic E-state index is 14.4. The van der Waals surface area contributed by atoms with Gasteiger partial charge in [0.15, 0.2) is 0 Å². The van der Waals surface area contributed by atoms with Gasteiger partial charge in [-0.1, -0.05) is 54.1 Å². The molecule has 0 bridgehead atoms. The molecule has 122 valence electrons. The van der Waals surface area contributed by atoms with Gasteiger partial charge >= 0.3 is 0 Å². The summed E-state index contributed by atoms with van der Waals surface area (Å²) < 4.78 is 28.3. The first-order valence-electron chi connectivity index (χ1n) is 8.09. The lowest BCUT2D eigenvalue weighted by atomic mass is 9.98. The van der Waals surface area contributed by atoms with Crippen LogP contribution in [0.15, 0.2) is 60.7 Å². The molecule has 0 saturated heterocycles. The maximum Gasteiger partial charge on any atom is 0.127 e. The Bertz CT molecular complexity index is 848. The average Bonchev–Trinajstić information content (AvgIpc) is 2.55. The average molecular weight is 322 g/mol. The van der Waals surface area contributed by atoms with Gasteiger partial charge in [-0.05, 0) is 53.8 Å². The van der Waals surface area contributed by atoms with E-state index in [9.17, 15) is 8.78 Å². The third kappa shape index (κ3) is 3.88. The van der Waals surface area contributed by atoms with E-state index in [2.05, 4.69) is 0 Å². The zero-order valence-corrected chi connectivity index (χ0v) is 13.9. The maximum absolute atomic E-state index is 14.4. The predicted molar refractivity (Wildman–Crippen MR) is 94.3 cm³/mol. The minimum atomic E-state index is -0.237. The molecule has 0 aromatic heterocycles. The van der Waals surface area contributed by atoms with Crippen molar-refractivity contribution in [1.29, 1.82) is 0 Å². The van der Waals surface area contributed by atoms with Gasteiger partial charge in [-0.15, -0.1) is 0 Å². The molecule has 0 radical (unpaired) electrons. The normalized spacial score (nSPS) is 10.8. The van der Waals surface area contributed by atoms with Crippen LogP contribution in [0.2, 0.25) is 0 Å². The first-order valence-corrected chi connectivity index (χ1v) is 8.09. The largest absolute Gasteiger partial charge is 0.207 e. The number of benzene rings is 3. The Kier molecular flexibility index (Phi) is 4.75. The quantitative estimate of drug-likeness (QED) is 0.572. The van der Waals surface area contributed by atoms with Crippen molar-refractivity contribution in [2.75, 3.05) is 0 Å². The van der Waals surface area contributed by atoms with Crippen molar-refractivity contribution in [3.63, 3.8) is 0 Å². The lowest BCUT2D eigenvalue weighted by Gasteiger charge is -2.08. The smallest absolute Gasteiger partial charge is 0.127 e. The lowest BCUT2D eigenvalue weighted by molar-refractivity contribution is 0.606. The van der Waals surface area contributed by atoms with E-state index < -0.39 is 0 Å². The Balaban J connectivity index is 1.78. The molecule has 0 aliphatic carbocycles. The summed E-state index contributed by atoms with van der Waals surface area (Å²) in [5, 5.41) is 0. The first-order chi connectivity index (χ1) is 11.5. The monoisotopic (exact) mass is 322 g/mol. The molecule has 24 heavy (non-hydrogen) atoms. The second-order valence-corrected chi connectivity index (χ2v) is 6.36. The molecule has 0 amide bonds. The lowest BCUT2D eigenvalue weighted by Crippen LogP contribution is -1.97. The van der Waals surface area contributed by atoms with Crippen LogP contribution < -0.4 is 0 Å². The highest BCUT2D eigenvalue weighted by molar-refractivity contribution is 5.34. The fourth-order valence-electron chi connectivity index (χ4n) is 2.79. The number of rotatable bonds is 4. The molecular weight excluding hydrogens is 302 g/mol. The van der Waals surface area contributed by atoms with Crippen molar-refractivity contribution in [3.05, 3.63) is 106 Å². The molecule has 0 atom stereocenters. The topological polar surface area (TPSA) is 0 Å². The van der Waals surface area contributed by atoms with E-state index in [1.54, 1.807) is 12.1 Å². The third-order valence-corrected chi connectivity index (χ3v) is 4.24. The number of hydrogen-bond acceptors (Lipinski definition) is 0. The Morgan fingerprint density at radius 3 is 1.71 bits per heavy atom. The van der Waals surface area contributed by atoms with Gasteiger partial charge < -0.3 is 0 Å². The van der Waals surface area contributed by atoms with Gasteiger partial charge in [-0.2, -0.15) is 0 Å². The van der Waals surface area contributed by atoms with Gasteiger partial charge in [0, 0.05) is 12.8 Å². The highest BCUT2D eigenvalue weighted by atomic mass is 19.1. The number of aryl methyl sites for hydroxylation is 2. The number of halogens is 2. The van der Waals surface area contributed by atoms with Crippen LogP contribution in [0.5, 0.6) is 0 Å². The summed E-state index contributed by atoms with van der Waals surface area (Å²) >= 11 is 0. The Morgan fingerprint density at radius 1 is 0.583 bits per heavy atom. The van der Waals surface area contributed by atoms with E-state index in [1.165, 1.54) is 17.7 Å². The summed E-state index contributed by atoms with van der Waals surface area (Å²) in [5.41, 5.74) is 5.18. The fourth-order valence-corrected chi connectivity index (χ4v) is 2.79. The molecule has 0 saturated carbocycles. The summed E-state index contributed by atoms with van der Waals surface area (Å²) in [4.78, 5) is 0. The molecule has 3 aromatic carbocycles. The van der Waals surface area contributed by atoms with Crippen LogP contribution >= 0.6 is 0 Å². The third-order valence-electron chi connectivity index (χ3n) is 4.24. The van der Waals surface area contributed by atoms with Crippen molar-refractivity contribution in [2.24, 2.45) is 0 Å². The zero-order chi connectivity index (χ0) is 17.1. The van der Waals surface area contributed by atoms with Crippen molar-refractivity contribution in [2.45, 2.75) is 26.7 Å². The SMILES string of the molecule is Cc1ccc(Cc2ccc(Cc3ccc(C)cc3F)cc2F)cc1. The van der Waals surface area contributed by atoms with Crippen LogP contribution in [0.1, 0.15) is 33.4 Å². The zero-order valence-electron chi connectivity index (χ0n) is 13.9. The van der Waals surface area contributed by atoms with Gasteiger partial charge in [0.25, 0.3) is 0 Å². The van der Waals surface area contributed by atoms with Gasteiger partial charge in [-0.3, -0.25) is 0 Å². The summed E-state index contributed by atoms with van der Waals surface area (Å²) in [6.07, 6.45) is 0.957. The summed E-state index contributed by atoms with van der Waals surface area (Å²) in [5.74, 6) is -0.472. The molecule has 0 nitrogen and oxygen atoms in total. The van der Waals surface area contributed by atoms with E-state index in [0.29, 0.717) is 24.0 Å². The minimum absolute atomic E-state index is 0.236. The van der Waals surface area contributed by atoms with Crippen LogP contribution in [0.4, 0.5) is 8.78 Å². The molecule has 3 aromatic rings. The van der Waals surface area contributed by atoms with E-state index in [1.807, 2.05) is 50.2 Å². The molecule has 0 aliphatic rings. The van der Waals surface area contributed by atoms with Crippen LogP contribution in [0, 0.1) is 25.5 Å². The fraction of sp³-hybridized carbons (Fsp3) is 0.182. The second kappa shape index (κ2) is 6.96. The van der Waals surface area contributed by atoms with Crippen molar-refractivity contribution in [1.82, 2.24) is 0 Å². The van der Waals surface area contributed by atoms with Crippen molar-refractivity contribution in [3.8, 4) is 0 Å². The summed E-state index contributed by atoms with van der Waals surface area (Å²) in [6.45, 7) is 3.88.